The predicted octanol–water partition coefficient (Wildman–Crippen LogP) is 20.0. The van der Waals surface area contributed by atoms with E-state index in [9.17, 15) is 19.4 Å². The molecule has 0 saturated heterocycles. The van der Waals surface area contributed by atoms with Crippen molar-refractivity contribution < 1.29 is 32.9 Å². The zero-order chi connectivity index (χ0) is 55.6. The Kier molecular flexibility index (Phi) is 56.9. The first-order chi connectivity index (χ1) is 37.0. The molecule has 448 valence electrons. The van der Waals surface area contributed by atoms with Crippen LogP contribution in [-0.4, -0.2) is 68.5 Å². The van der Waals surface area contributed by atoms with E-state index in [0.717, 1.165) is 51.4 Å². The van der Waals surface area contributed by atoms with Crippen molar-refractivity contribution in [1.82, 2.24) is 5.32 Å². The summed E-state index contributed by atoms with van der Waals surface area (Å²) in [6, 6.07) is -0.890. The van der Waals surface area contributed by atoms with Crippen LogP contribution < -0.4 is 10.2 Å². The third-order valence-electron chi connectivity index (χ3n) is 15.0. The summed E-state index contributed by atoms with van der Waals surface area (Å²) >= 11 is 0. The number of hydrogen-bond donors (Lipinski definition) is 2. The van der Waals surface area contributed by atoms with Crippen LogP contribution in [0.15, 0.2) is 48.6 Å². The highest BCUT2D eigenvalue weighted by atomic mass is 31.2. The number of nitrogens with one attached hydrogen (secondary N) is 1. The van der Waals surface area contributed by atoms with Crippen molar-refractivity contribution in [2.75, 3.05) is 40.9 Å². The fraction of sp³-hybridized carbons (Fsp3) is 0.866. The van der Waals surface area contributed by atoms with E-state index in [1.54, 1.807) is 6.08 Å². The molecule has 3 unspecified atom stereocenters. The molecular weight excluding hydrogens is 960 g/mol. The number of carbonyl (C=O) groups is 1. The molecule has 1 amide bonds. The van der Waals surface area contributed by atoms with Crippen molar-refractivity contribution in [1.29, 1.82) is 0 Å². The fourth-order valence-corrected chi connectivity index (χ4v) is 10.6. The number of hydrogen-bond acceptors (Lipinski definition) is 6. The minimum Gasteiger partial charge on any atom is -0.756 e. The Morgan fingerprint density at radius 3 is 1.11 bits per heavy atom. The molecule has 0 aromatic heterocycles. The molecule has 0 spiro atoms. The number of unbranched alkanes of at least 4 members (excludes halogenated alkanes) is 42. The lowest BCUT2D eigenvalue weighted by molar-refractivity contribution is -0.870. The Labute approximate surface area is 473 Å². The van der Waals surface area contributed by atoms with E-state index in [0.29, 0.717) is 17.4 Å². The number of allylic oxidation sites excluding steroid dienone is 7. The molecule has 76 heavy (non-hydrogen) atoms. The summed E-state index contributed by atoms with van der Waals surface area (Å²) in [6.07, 6.45) is 77.8. The van der Waals surface area contributed by atoms with Crippen molar-refractivity contribution in [3.05, 3.63) is 48.6 Å². The van der Waals surface area contributed by atoms with Crippen LogP contribution >= 0.6 is 7.82 Å². The van der Waals surface area contributed by atoms with Gasteiger partial charge in [0.2, 0.25) is 5.91 Å². The van der Waals surface area contributed by atoms with Gasteiger partial charge in [0, 0.05) is 6.42 Å². The highest BCUT2D eigenvalue weighted by Gasteiger charge is 2.23. The highest BCUT2D eigenvalue weighted by Crippen LogP contribution is 2.38. The second kappa shape index (κ2) is 58.1. The Hall–Kier alpha value is -1.54. The summed E-state index contributed by atoms with van der Waals surface area (Å²) in [7, 11) is 1.27. The van der Waals surface area contributed by atoms with Gasteiger partial charge in [-0.2, -0.15) is 0 Å². The van der Waals surface area contributed by atoms with E-state index in [4.69, 9.17) is 9.05 Å². The number of carbonyl (C=O) groups excluding carboxylic acids is 1. The fourth-order valence-electron chi connectivity index (χ4n) is 9.87. The number of likely N-dealkylation sites (N-methyl/N-ethyl adjacent to an activating group) is 1. The van der Waals surface area contributed by atoms with Gasteiger partial charge in [-0.15, -0.1) is 0 Å². The smallest absolute Gasteiger partial charge is 0.268 e. The molecule has 3 atom stereocenters. The topological polar surface area (TPSA) is 108 Å². The summed E-state index contributed by atoms with van der Waals surface area (Å²) in [5.74, 6) is -0.196. The number of quaternary nitrogens is 1. The monoisotopic (exact) mass is 1090 g/mol. The lowest BCUT2D eigenvalue weighted by Gasteiger charge is -2.29. The minimum atomic E-state index is -4.60. The van der Waals surface area contributed by atoms with Crippen LogP contribution in [0, 0.1) is 0 Å². The molecule has 0 aliphatic rings. The van der Waals surface area contributed by atoms with E-state index in [2.05, 4.69) is 55.6 Å². The molecule has 0 fully saturated rings. The number of aliphatic hydroxyl groups excluding tert-OH is 1. The summed E-state index contributed by atoms with van der Waals surface area (Å²) in [5, 5.41) is 14.0. The lowest BCUT2D eigenvalue weighted by Crippen LogP contribution is -2.45. The summed E-state index contributed by atoms with van der Waals surface area (Å²) in [5.41, 5.74) is 0. The maximum absolute atomic E-state index is 13.0. The van der Waals surface area contributed by atoms with Crippen LogP contribution in [0.5, 0.6) is 0 Å². The average Bonchev–Trinajstić information content (AvgIpc) is 3.38. The van der Waals surface area contributed by atoms with Gasteiger partial charge in [-0.05, 0) is 57.8 Å². The van der Waals surface area contributed by atoms with E-state index in [-0.39, 0.29) is 19.1 Å². The third kappa shape index (κ3) is 60.1. The van der Waals surface area contributed by atoms with Crippen molar-refractivity contribution in [3.63, 3.8) is 0 Å². The number of aliphatic hydroxyl groups is 1. The van der Waals surface area contributed by atoms with Gasteiger partial charge in [0.15, 0.2) is 0 Å². The van der Waals surface area contributed by atoms with Gasteiger partial charge in [0.05, 0.1) is 39.9 Å². The largest absolute Gasteiger partial charge is 0.756 e. The maximum atomic E-state index is 13.0. The van der Waals surface area contributed by atoms with Gasteiger partial charge in [0.1, 0.15) is 13.2 Å². The Bertz CT molecular complexity index is 1380. The Morgan fingerprint density at radius 1 is 0.461 bits per heavy atom. The van der Waals surface area contributed by atoms with E-state index in [1.807, 2.05) is 27.2 Å². The van der Waals surface area contributed by atoms with Crippen molar-refractivity contribution >= 4 is 13.7 Å². The number of amides is 1. The van der Waals surface area contributed by atoms with Crippen LogP contribution in [0.2, 0.25) is 0 Å². The van der Waals surface area contributed by atoms with Crippen LogP contribution in [0.25, 0.3) is 0 Å². The van der Waals surface area contributed by atoms with Gasteiger partial charge in [-0.1, -0.05) is 306 Å². The van der Waals surface area contributed by atoms with E-state index < -0.39 is 20.0 Å². The first-order valence-corrected chi connectivity index (χ1v) is 34.5. The first kappa shape index (κ1) is 74.5. The summed E-state index contributed by atoms with van der Waals surface area (Å²) < 4.78 is 23.4. The van der Waals surface area contributed by atoms with Gasteiger partial charge in [-0.3, -0.25) is 9.36 Å². The molecule has 0 rings (SSSR count). The van der Waals surface area contributed by atoms with Crippen LogP contribution in [0.1, 0.15) is 322 Å². The zero-order valence-corrected chi connectivity index (χ0v) is 52.1. The Morgan fingerprint density at radius 2 is 0.763 bits per heavy atom. The van der Waals surface area contributed by atoms with Crippen molar-refractivity contribution in [2.45, 2.75) is 334 Å². The summed E-state index contributed by atoms with van der Waals surface area (Å²) in [6.45, 7) is 4.68. The predicted molar refractivity (Wildman–Crippen MR) is 330 cm³/mol. The molecular formula is C67H129N2O6P. The zero-order valence-electron chi connectivity index (χ0n) is 51.2. The first-order valence-electron chi connectivity index (χ1n) is 33.0. The SMILES string of the molecule is CCCCCCC/C=C\C/C=C\C/C=C\CCCCCCCCCCCCCCC(=O)NC(COP(=O)([O-])OCC[N+](C)(C)C)C(O)/C=C/CCCCCCCCCCCCCCCCCCCCCCCCCCC. The van der Waals surface area contributed by atoms with Gasteiger partial charge >= 0.3 is 0 Å². The Balaban J connectivity index is 4.12. The van der Waals surface area contributed by atoms with Crippen LogP contribution in [-0.2, 0) is 18.4 Å². The molecule has 0 heterocycles. The van der Waals surface area contributed by atoms with Gasteiger partial charge < -0.3 is 28.8 Å². The van der Waals surface area contributed by atoms with Crippen LogP contribution in [0.4, 0.5) is 0 Å². The standard InChI is InChI=1S/C67H129N2O6P/c1-6-8-10-12-14-16-18-20-22-24-26-28-30-32-34-36-38-40-42-44-46-48-50-52-54-56-58-60-66(70)65(64-75-76(72,73)74-63-62-69(3,4)5)68-67(71)61-59-57-55-53-51-49-47-45-43-41-39-37-35-33-31-29-27-25-23-21-19-17-15-13-11-9-7-2/h19,21,25,27,31,33,58,60,65-66,70H,6-18,20,22-24,26,28-30,32,34-57,59,61-64H2,1-5H3,(H-,68,71,72,73)/b21-19-,27-25-,33-31-,60-58+. The van der Waals surface area contributed by atoms with Gasteiger partial charge in [-0.25, -0.2) is 0 Å². The molecule has 0 aromatic rings. The molecule has 0 aliphatic carbocycles. The average molecular weight is 1090 g/mol. The second-order valence-corrected chi connectivity index (χ2v) is 25.2. The molecule has 0 radical (unpaired) electrons. The molecule has 0 aliphatic heterocycles. The molecule has 0 bridgehead atoms. The lowest BCUT2D eigenvalue weighted by atomic mass is 10.0. The molecule has 8 nitrogen and oxygen atoms in total. The minimum absolute atomic E-state index is 0.00141. The molecule has 9 heteroatoms. The maximum Gasteiger partial charge on any atom is 0.268 e. The van der Waals surface area contributed by atoms with Gasteiger partial charge in [0.25, 0.3) is 7.82 Å². The quantitative estimate of drug-likeness (QED) is 0.0272. The normalized spacial score (nSPS) is 14.0. The van der Waals surface area contributed by atoms with Crippen molar-refractivity contribution in [2.24, 2.45) is 0 Å². The molecule has 0 saturated carbocycles. The number of rotatable bonds is 61. The summed E-state index contributed by atoms with van der Waals surface area (Å²) in [4.78, 5) is 25.6. The van der Waals surface area contributed by atoms with E-state index >= 15 is 0 Å². The van der Waals surface area contributed by atoms with Crippen LogP contribution in [0.3, 0.4) is 0 Å². The second-order valence-electron chi connectivity index (χ2n) is 23.8. The highest BCUT2D eigenvalue weighted by molar-refractivity contribution is 7.45. The van der Waals surface area contributed by atoms with E-state index in [1.165, 1.54) is 250 Å². The van der Waals surface area contributed by atoms with Crippen molar-refractivity contribution in [3.8, 4) is 0 Å². The number of phosphoric ester groups is 1. The number of nitrogens with zero attached hydrogens (tertiary/aromatic N) is 1. The third-order valence-corrected chi connectivity index (χ3v) is 16.0. The molecule has 2 N–H and O–H groups in total. The number of phosphoric acid groups is 1. The molecule has 0 aromatic carbocycles.